The minimum Gasteiger partial charge on any atom is -0.446 e. The number of hydrogen-bond acceptors (Lipinski definition) is 3. The molecule has 0 saturated carbocycles. The second kappa shape index (κ2) is 5.65. The summed E-state index contributed by atoms with van der Waals surface area (Å²) in [6, 6.07) is 5.59. The number of benzene rings is 1. The molecule has 0 aliphatic carbocycles. The van der Waals surface area contributed by atoms with E-state index in [1.165, 1.54) is 18.2 Å². The zero-order valence-electron chi connectivity index (χ0n) is 10.9. The second-order valence-electron chi connectivity index (χ2n) is 4.26. The number of nitrogens with one attached hydrogen (secondary N) is 1. The van der Waals surface area contributed by atoms with E-state index in [0.29, 0.717) is 24.4 Å². The SMILES string of the molecule is Cc1nc(C)c(CCNC(=O)c2cccc(F)c2)o1. The van der Waals surface area contributed by atoms with Gasteiger partial charge in [-0.3, -0.25) is 4.79 Å². The van der Waals surface area contributed by atoms with Crippen molar-refractivity contribution in [1.29, 1.82) is 0 Å². The van der Waals surface area contributed by atoms with Crippen molar-refractivity contribution in [1.82, 2.24) is 10.3 Å². The van der Waals surface area contributed by atoms with Crippen molar-refractivity contribution < 1.29 is 13.6 Å². The third kappa shape index (κ3) is 3.40. The van der Waals surface area contributed by atoms with Gasteiger partial charge < -0.3 is 9.73 Å². The Kier molecular flexibility index (Phi) is 3.94. The van der Waals surface area contributed by atoms with Gasteiger partial charge in [0.05, 0.1) is 5.69 Å². The highest BCUT2D eigenvalue weighted by molar-refractivity contribution is 5.94. The lowest BCUT2D eigenvalue weighted by Gasteiger charge is -2.04. The molecule has 2 aromatic rings. The van der Waals surface area contributed by atoms with Gasteiger partial charge in [0.15, 0.2) is 5.89 Å². The molecule has 1 aromatic heterocycles. The minimum absolute atomic E-state index is 0.298. The van der Waals surface area contributed by atoms with E-state index in [1.54, 1.807) is 13.0 Å². The average molecular weight is 262 g/mol. The molecule has 5 heteroatoms. The molecule has 0 saturated heterocycles. The van der Waals surface area contributed by atoms with Crippen molar-refractivity contribution in [2.75, 3.05) is 6.54 Å². The van der Waals surface area contributed by atoms with Crippen molar-refractivity contribution in [2.24, 2.45) is 0 Å². The van der Waals surface area contributed by atoms with Crippen LogP contribution in [0, 0.1) is 19.7 Å². The molecule has 0 bridgehead atoms. The number of aromatic nitrogens is 1. The molecular formula is C14H15FN2O2. The molecule has 2 rings (SSSR count). The lowest BCUT2D eigenvalue weighted by molar-refractivity contribution is 0.0953. The Balaban J connectivity index is 1.89. The van der Waals surface area contributed by atoms with E-state index < -0.39 is 5.82 Å². The van der Waals surface area contributed by atoms with E-state index in [0.717, 1.165) is 11.5 Å². The zero-order chi connectivity index (χ0) is 13.8. The molecule has 1 aromatic carbocycles. The van der Waals surface area contributed by atoms with Gasteiger partial charge in [-0.2, -0.15) is 0 Å². The van der Waals surface area contributed by atoms with Crippen molar-refractivity contribution in [2.45, 2.75) is 20.3 Å². The molecule has 0 spiro atoms. The highest BCUT2D eigenvalue weighted by Crippen LogP contribution is 2.09. The maximum Gasteiger partial charge on any atom is 0.251 e. The normalized spacial score (nSPS) is 10.5. The first-order valence-corrected chi connectivity index (χ1v) is 6.03. The van der Waals surface area contributed by atoms with Crippen LogP contribution in [0.2, 0.25) is 0 Å². The topological polar surface area (TPSA) is 55.1 Å². The van der Waals surface area contributed by atoms with Crippen LogP contribution in [0.15, 0.2) is 28.7 Å². The second-order valence-corrected chi connectivity index (χ2v) is 4.26. The Hall–Kier alpha value is -2.17. The summed E-state index contributed by atoms with van der Waals surface area (Å²) in [5, 5.41) is 2.72. The number of hydrogen-bond donors (Lipinski definition) is 1. The average Bonchev–Trinajstić information content (AvgIpc) is 2.68. The van der Waals surface area contributed by atoms with Gasteiger partial charge in [0, 0.05) is 25.5 Å². The lowest BCUT2D eigenvalue weighted by Crippen LogP contribution is -2.25. The number of amides is 1. The van der Waals surface area contributed by atoms with Crippen molar-refractivity contribution in [3.05, 3.63) is 53.0 Å². The first kappa shape index (κ1) is 13.3. The molecular weight excluding hydrogens is 247 g/mol. The van der Waals surface area contributed by atoms with Gasteiger partial charge in [-0.1, -0.05) is 6.07 Å². The van der Waals surface area contributed by atoms with Gasteiger partial charge >= 0.3 is 0 Å². The molecule has 1 amide bonds. The minimum atomic E-state index is -0.422. The largest absolute Gasteiger partial charge is 0.446 e. The van der Waals surface area contributed by atoms with Crippen LogP contribution in [-0.2, 0) is 6.42 Å². The van der Waals surface area contributed by atoms with Gasteiger partial charge in [-0.25, -0.2) is 9.37 Å². The number of oxazole rings is 1. The number of nitrogens with zero attached hydrogens (tertiary/aromatic N) is 1. The van der Waals surface area contributed by atoms with Crippen molar-refractivity contribution >= 4 is 5.91 Å². The third-order valence-electron chi connectivity index (χ3n) is 2.72. The first-order chi connectivity index (χ1) is 9.06. The highest BCUT2D eigenvalue weighted by atomic mass is 19.1. The monoisotopic (exact) mass is 262 g/mol. The maximum atomic E-state index is 13.0. The van der Waals surface area contributed by atoms with Crippen LogP contribution in [0.3, 0.4) is 0 Å². The smallest absolute Gasteiger partial charge is 0.251 e. The maximum absolute atomic E-state index is 13.0. The molecule has 0 radical (unpaired) electrons. The number of rotatable bonds is 4. The third-order valence-corrected chi connectivity index (χ3v) is 2.72. The number of halogens is 1. The fourth-order valence-corrected chi connectivity index (χ4v) is 1.83. The van der Waals surface area contributed by atoms with Gasteiger partial charge in [0.25, 0.3) is 5.91 Å². The Labute approximate surface area is 110 Å². The van der Waals surface area contributed by atoms with E-state index >= 15 is 0 Å². The van der Waals surface area contributed by atoms with E-state index in [-0.39, 0.29) is 5.91 Å². The van der Waals surface area contributed by atoms with Crippen LogP contribution in [0.1, 0.15) is 27.7 Å². The van der Waals surface area contributed by atoms with Gasteiger partial charge in [-0.15, -0.1) is 0 Å². The molecule has 4 nitrogen and oxygen atoms in total. The van der Waals surface area contributed by atoms with Crippen molar-refractivity contribution in [3.63, 3.8) is 0 Å². The Morgan fingerprint density at radius 3 is 2.84 bits per heavy atom. The van der Waals surface area contributed by atoms with Gasteiger partial charge in [0.2, 0.25) is 0 Å². The fourth-order valence-electron chi connectivity index (χ4n) is 1.83. The van der Waals surface area contributed by atoms with E-state index in [4.69, 9.17) is 4.42 Å². The highest BCUT2D eigenvalue weighted by Gasteiger charge is 2.09. The van der Waals surface area contributed by atoms with Crippen LogP contribution >= 0.6 is 0 Å². The van der Waals surface area contributed by atoms with Gasteiger partial charge in [-0.05, 0) is 25.1 Å². The summed E-state index contributed by atoms with van der Waals surface area (Å²) >= 11 is 0. The van der Waals surface area contributed by atoms with E-state index in [9.17, 15) is 9.18 Å². The summed E-state index contributed by atoms with van der Waals surface area (Å²) in [5.74, 6) is 0.656. The number of aryl methyl sites for hydroxylation is 2. The molecule has 19 heavy (non-hydrogen) atoms. The summed E-state index contributed by atoms with van der Waals surface area (Å²) in [6.07, 6.45) is 0.563. The Morgan fingerprint density at radius 2 is 2.21 bits per heavy atom. The number of carbonyl (C=O) groups is 1. The fraction of sp³-hybridized carbons (Fsp3) is 0.286. The van der Waals surface area contributed by atoms with Crippen molar-refractivity contribution in [3.8, 4) is 0 Å². The molecule has 0 aliphatic heterocycles. The van der Waals surface area contributed by atoms with Crippen LogP contribution in [-0.4, -0.2) is 17.4 Å². The Morgan fingerprint density at radius 1 is 1.42 bits per heavy atom. The summed E-state index contributed by atoms with van der Waals surface area (Å²) < 4.78 is 18.4. The predicted octanol–water partition coefficient (Wildman–Crippen LogP) is 2.40. The summed E-state index contributed by atoms with van der Waals surface area (Å²) in [5.41, 5.74) is 1.14. The van der Waals surface area contributed by atoms with E-state index in [2.05, 4.69) is 10.3 Å². The molecule has 0 fully saturated rings. The summed E-state index contributed by atoms with van der Waals surface area (Å²) in [6.45, 7) is 4.06. The van der Waals surface area contributed by atoms with Crippen LogP contribution in [0.25, 0.3) is 0 Å². The van der Waals surface area contributed by atoms with Crippen LogP contribution in [0.4, 0.5) is 4.39 Å². The summed E-state index contributed by atoms with van der Waals surface area (Å²) in [4.78, 5) is 15.9. The predicted molar refractivity (Wildman–Crippen MR) is 68.4 cm³/mol. The zero-order valence-corrected chi connectivity index (χ0v) is 10.9. The molecule has 0 atom stereocenters. The Bertz CT molecular complexity index is 593. The standard InChI is InChI=1S/C14H15FN2O2/c1-9-13(19-10(2)17-9)6-7-16-14(18)11-4-3-5-12(15)8-11/h3-5,8H,6-7H2,1-2H3,(H,16,18). The van der Waals surface area contributed by atoms with Crippen LogP contribution in [0.5, 0.6) is 0 Å². The summed E-state index contributed by atoms with van der Waals surface area (Å²) in [7, 11) is 0. The quantitative estimate of drug-likeness (QED) is 0.920. The molecule has 1 N–H and O–H groups in total. The lowest BCUT2D eigenvalue weighted by atomic mass is 10.2. The molecule has 100 valence electrons. The van der Waals surface area contributed by atoms with Gasteiger partial charge in [0.1, 0.15) is 11.6 Å². The molecule has 1 heterocycles. The number of carbonyl (C=O) groups excluding carboxylic acids is 1. The first-order valence-electron chi connectivity index (χ1n) is 6.03. The molecule has 0 aliphatic rings. The molecule has 0 unspecified atom stereocenters. The van der Waals surface area contributed by atoms with E-state index in [1.807, 2.05) is 6.92 Å². The van der Waals surface area contributed by atoms with Crippen LogP contribution < -0.4 is 5.32 Å².